The zero-order chi connectivity index (χ0) is 13.2. The third-order valence-corrected chi connectivity index (χ3v) is 4.00. The number of thioether (sulfide) groups is 1. The fourth-order valence-corrected chi connectivity index (χ4v) is 2.91. The van der Waals surface area contributed by atoms with Crippen LogP contribution >= 0.6 is 11.8 Å². The zero-order valence-corrected chi connectivity index (χ0v) is 11.8. The molecule has 1 aromatic carbocycles. The lowest BCUT2D eigenvalue weighted by Gasteiger charge is -2.04. The number of rotatable bonds is 3. The van der Waals surface area contributed by atoms with Crippen molar-refractivity contribution in [1.82, 2.24) is 15.0 Å². The van der Waals surface area contributed by atoms with E-state index in [0.29, 0.717) is 0 Å². The molecular formula is C15H15N3S. The molecule has 0 saturated carbocycles. The van der Waals surface area contributed by atoms with E-state index in [9.17, 15) is 0 Å². The molecule has 3 aromatic rings. The summed E-state index contributed by atoms with van der Waals surface area (Å²) in [6.07, 6.45) is 1.80. The number of aromatic amines is 1. The second kappa shape index (κ2) is 5.05. The summed E-state index contributed by atoms with van der Waals surface area (Å²) in [7, 11) is 0. The Hall–Kier alpha value is -1.81. The van der Waals surface area contributed by atoms with Gasteiger partial charge in [0.05, 0.1) is 5.52 Å². The van der Waals surface area contributed by atoms with Crippen LogP contribution in [0.3, 0.4) is 0 Å². The maximum absolute atomic E-state index is 4.61. The summed E-state index contributed by atoms with van der Waals surface area (Å²) in [5, 5.41) is 0. The highest BCUT2D eigenvalue weighted by Crippen LogP contribution is 2.30. The van der Waals surface area contributed by atoms with Crippen molar-refractivity contribution in [3.63, 3.8) is 0 Å². The van der Waals surface area contributed by atoms with Crippen molar-refractivity contribution in [3.05, 3.63) is 42.1 Å². The quantitative estimate of drug-likeness (QED) is 0.729. The van der Waals surface area contributed by atoms with Crippen LogP contribution in [0.2, 0.25) is 0 Å². The predicted molar refractivity (Wildman–Crippen MR) is 80.5 cm³/mol. The monoisotopic (exact) mass is 269 g/mol. The van der Waals surface area contributed by atoms with Crippen molar-refractivity contribution in [3.8, 4) is 11.4 Å². The van der Waals surface area contributed by atoms with Gasteiger partial charge < -0.3 is 4.98 Å². The second-order valence-corrected chi connectivity index (χ2v) is 5.65. The first kappa shape index (κ1) is 12.2. The maximum atomic E-state index is 4.61. The first-order valence-electron chi connectivity index (χ1n) is 6.33. The Balaban J connectivity index is 2.17. The van der Waals surface area contributed by atoms with Gasteiger partial charge in [-0.2, -0.15) is 0 Å². The van der Waals surface area contributed by atoms with E-state index in [2.05, 4.69) is 47.0 Å². The third-order valence-electron chi connectivity index (χ3n) is 3.04. The molecule has 3 nitrogen and oxygen atoms in total. The van der Waals surface area contributed by atoms with E-state index in [1.54, 1.807) is 6.20 Å². The van der Waals surface area contributed by atoms with E-state index >= 15 is 0 Å². The summed E-state index contributed by atoms with van der Waals surface area (Å²) in [4.78, 5) is 13.6. The van der Waals surface area contributed by atoms with Gasteiger partial charge in [-0.15, -0.1) is 11.8 Å². The molecule has 19 heavy (non-hydrogen) atoms. The molecule has 0 aliphatic rings. The Morgan fingerprint density at radius 3 is 2.84 bits per heavy atom. The van der Waals surface area contributed by atoms with E-state index in [1.165, 1.54) is 10.5 Å². The van der Waals surface area contributed by atoms with Crippen LogP contribution < -0.4 is 0 Å². The van der Waals surface area contributed by atoms with Crippen molar-refractivity contribution in [2.45, 2.75) is 18.7 Å². The molecule has 2 heterocycles. The fourth-order valence-electron chi connectivity index (χ4n) is 2.11. The summed E-state index contributed by atoms with van der Waals surface area (Å²) in [6.45, 7) is 4.23. The summed E-state index contributed by atoms with van der Waals surface area (Å²) < 4.78 is 0. The van der Waals surface area contributed by atoms with E-state index < -0.39 is 0 Å². The van der Waals surface area contributed by atoms with Gasteiger partial charge in [-0.1, -0.05) is 25.1 Å². The van der Waals surface area contributed by atoms with Crippen LogP contribution in [0.5, 0.6) is 0 Å². The number of H-pyrrole nitrogens is 1. The first-order valence-corrected chi connectivity index (χ1v) is 7.31. The van der Waals surface area contributed by atoms with Crippen molar-refractivity contribution in [2.24, 2.45) is 0 Å². The minimum Gasteiger partial charge on any atom is -0.336 e. The molecule has 0 bridgehead atoms. The number of imidazole rings is 1. The summed E-state index contributed by atoms with van der Waals surface area (Å²) in [5.74, 6) is 1.95. The largest absolute Gasteiger partial charge is 0.336 e. The number of aryl methyl sites for hydroxylation is 1. The van der Waals surface area contributed by atoms with E-state index in [-0.39, 0.29) is 0 Å². The van der Waals surface area contributed by atoms with Crippen molar-refractivity contribution < 1.29 is 0 Å². The molecule has 0 radical (unpaired) electrons. The zero-order valence-electron chi connectivity index (χ0n) is 11.0. The lowest BCUT2D eigenvalue weighted by Crippen LogP contribution is -1.84. The second-order valence-electron chi connectivity index (χ2n) is 4.34. The SMILES string of the molecule is CCSc1ccccc1-c1nc2nccc(C)c2[nH]1. The minimum atomic E-state index is 0.784. The van der Waals surface area contributed by atoms with Gasteiger partial charge >= 0.3 is 0 Å². The van der Waals surface area contributed by atoms with Crippen molar-refractivity contribution >= 4 is 22.9 Å². The molecule has 0 unspecified atom stereocenters. The standard InChI is InChI=1S/C15H15N3S/c1-3-19-12-7-5-4-6-11(12)14-17-13-10(2)8-9-16-15(13)18-14/h4-9H,3H2,1-2H3,(H,16,17,18). The molecule has 0 spiro atoms. The van der Waals surface area contributed by atoms with Crippen LogP contribution in [0.25, 0.3) is 22.6 Å². The van der Waals surface area contributed by atoms with Crippen molar-refractivity contribution in [2.75, 3.05) is 5.75 Å². The van der Waals surface area contributed by atoms with Crippen LogP contribution in [0.15, 0.2) is 41.4 Å². The Kier molecular flexibility index (Phi) is 3.25. The minimum absolute atomic E-state index is 0.784. The topological polar surface area (TPSA) is 41.6 Å². The average molecular weight is 269 g/mol. The van der Waals surface area contributed by atoms with E-state index in [1.807, 2.05) is 23.9 Å². The van der Waals surface area contributed by atoms with Gasteiger partial charge in [-0.3, -0.25) is 0 Å². The molecule has 2 aromatic heterocycles. The lowest BCUT2D eigenvalue weighted by molar-refractivity contribution is 1.27. The number of pyridine rings is 1. The Morgan fingerprint density at radius 1 is 1.21 bits per heavy atom. The van der Waals surface area contributed by atoms with Crippen molar-refractivity contribution in [1.29, 1.82) is 0 Å². The first-order chi connectivity index (χ1) is 9.29. The average Bonchev–Trinajstić information content (AvgIpc) is 2.85. The molecule has 96 valence electrons. The smallest absolute Gasteiger partial charge is 0.178 e. The number of nitrogens with zero attached hydrogens (tertiary/aromatic N) is 2. The summed E-state index contributed by atoms with van der Waals surface area (Å²) >= 11 is 1.83. The highest BCUT2D eigenvalue weighted by molar-refractivity contribution is 7.99. The molecule has 0 atom stereocenters. The molecule has 3 rings (SSSR count). The number of fused-ring (bicyclic) bond motifs is 1. The molecule has 0 amide bonds. The number of aromatic nitrogens is 3. The van der Waals surface area contributed by atoms with Crippen LogP contribution in [-0.4, -0.2) is 20.7 Å². The van der Waals surface area contributed by atoms with E-state index in [0.717, 1.165) is 28.3 Å². The molecule has 0 fully saturated rings. The lowest BCUT2D eigenvalue weighted by atomic mass is 10.2. The summed E-state index contributed by atoms with van der Waals surface area (Å²) in [6, 6.07) is 10.3. The van der Waals surface area contributed by atoms with Gasteiger partial charge in [0.15, 0.2) is 5.65 Å². The number of benzene rings is 1. The van der Waals surface area contributed by atoms with Gasteiger partial charge in [0, 0.05) is 16.7 Å². The fraction of sp³-hybridized carbons (Fsp3) is 0.200. The highest BCUT2D eigenvalue weighted by atomic mass is 32.2. The van der Waals surface area contributed by atoms with Gasteiger partial charge in [-0.05, 0) is 30.4 Å². The molecule has 0 aliphatic heterocycles. The Labute approximate surface area is 116 Å². The number of nitrogens with one attached hydrogen (secondary N) is 1. The highest BCUT2D eigenvalue weighted by Gasteiger charge is 2.11. The molecule has 0 saturated heterocycles. The van der Waals surface area contributed by atoms with Crippen LogP contribution in [0.1, 0.15) is 12.5 Å². The molecule has 1 N–H and O–H groups in total. The number of hydrogen-bond acceptors (Lipinski definition) is 3. The predicted octanol–water partition coefficient (Wildman–Crippen LogP) is 4.05. The van der Waals surface area contributed by atoms with Gasteiger partial charge in [-0.25, -0.2) is 9.97 Å². The normalized spacial score (nSPS) is 11.1. The van der Waals surface area contributed by atoms with Crippen LogP contribution in [0.4, 0.5) is 0 Å². The van der Waals surface area contributed by atoms with Gasteiger partial charge in [0.25, 0.3) is 0 Å². The Morgan fingerprint density at radius 2 is 2.05 bits per heavy atom. The third kappa shape index (κ3) is 2.24. The molecular weight excluding hydrogens is 254 g/mol. The number of hydrogen-bond donors (Lipinski definition) is 1. The van der Waals surface area contributed by atoms with Crippen LogP contribution in [-0.2, 0) is 0 Å². The van der Waals surface area contributed by atoms with Crippen LogP contribution in [0, 0.1) is 6.92 Å². The molecule has 4 heteroatoms. The van der Waals surface area contributed by atoms with Gasteiger partial charge in [0.1, 0.15) is 5.82 Å². The van der Waals surface area contributed by atoms with E-state index in [4.69, 9.17) is 0 Å². The maximum Gasteiger partial charge on any atom is 0.178 e. The summed E-state index contributed by atoms with van der Waals surface area (Å²) in [5.41, 5.74) is 4.12. The molecule has 0 aliphatic carbocycles. The van der Waals surface area contributed by atoms with Gasteiger partial charge in [0.2, 0.25) is 0 Å². The Bertz CT molecular complexity index is 718.